The second-order valence-corrected chi connectivity index (χ2v) is 7.66. The van der Waals surface area contributed by atoms with Gasteiger partial charge in [-0.2, -0.15) is 0 Å². The summed E-state index contributed by atoms with van der Waals surface area (Å²) in [5.74, 6) is 0. The van der Waals surface area contributed by atoms with Crippen LogP contribution in [-0.4, -0.2) is 17.4 Å². The molecule has 0 spiro atoms. The molecule has 0 bridgehead atoms. The van der Waals surface area contributed by atoms with E-state index in [4.69, 9.17) is 11.6 Å². The fraction of sp³-hybridized carbons (Fsp3) is 0.125. The molecule has 0 aliphatic heterocycles. The van der Waals surface area contributed by atoms with Gasteiger partial charge in [-0.05, 0) is 61.4 Å². The number of hydrogen-bond acceptors (Lipinski definition) is 4. The molecule has 0 fully saturated rings. The van der Waals surface area contributed by atoms with Crippen molar-refractivity contribution in [3.63, 3.8) is 0 Å². The van der Waals surface area contributed by atoms with Gasteiger partial charge in [-0.3, -0.25) is 4.79 Å². The molecule has 0 unspecified atom stereocenters. The summed E-state index contributed by atoms with van der Waals surface area (Å²) >= 11 is 5.75. The van der Waals surface area contributed by atoms with Gasteiger partial charge in [-0.1, -0.05) is 11.6 Å². The Morgan fingerprint density at radius 3 is 2.21 bits per heavy atom. The van der Waals surface area contributed by atoms with Crippen LogP contribution in [0.15, 0.2) is 50.9 Å². The molecule has 8 heteroatoms. The smallest absolute Gasteiger partial charge is 0.306 e. The van der Waals surface area contributed by atoms with Crippen molar-refractivity contribution >= 4 is 32.5 Å². The van der Waals surface area contributed by atoms with Gasteiger partial charge in [0.1, 0.15) is 0 Å². The zero-order valence-corrected chi connectivity index (χ0v) is 14.4. The van der Waals surface area contributed by atoms with Gasteiger partial charge in [-0.25, -0.2) is 13.2 Å². The molecule has 2 aromatic carbocycles. The Bertz CT molecular complexity index is 1180. The van der Waals surface area contributed by atoms with Crippen LogP contribution >= 0.6 is 11.6 Å². The van der Waals surface area contributed by atoms with Crippen molar-refractivity contribution < 1.29 is 8.42 Å². The molecule has 0 radical (unpaired) electrons. The summed E-state index contributed by atoms with van der Waals surface area (Å²) in [5, 5.41) is 0.482. The predicted molar refractivity (Wildman–Crippen MR) is 92.3 cm³/mol. The van der Waals surface area contributed by atoms with Crippen LogP contribution in [0.4, 0.5) is 0 Å². The Hall–Kier alpha value is -2.38. The third kappa shape index (κ3) is 2.55. The maximum absolute atomic E-state index is 12.7. The Balaban J connectivity index is 2.38. The average molecular weight is 365 g/mol. The highest BCUT2D eigenvalue weighted by molar-refractivity contribution is 7.90. The molecule has 1 heterocycles. The first-order valence-electron chi connectivity index (χ1n) is 6.99. The van der Waals surface area contributed by atoms with Gasteiger partial charge in [0, 0.05) is 5.02 Å². The Labute approximate surface area is 142 Å². The maximum Gasteiger partial charge on any atom is 0.343 e. The molecule has 0 amide bonds. The van der Waals surface area contributed by atoms with Crippen LogP contribution in [-0.2, 0) is 10.0 Å². The molecule has 0 saturated carbocycles. The summed E-state index contributed by atoms with van der Waals surface area (Å²) in [4.78, 5) is 27.1. The van der Waals surface area contributed by atoms with E-state index in [1.54, 1.807) is 19.1 Å². The van der Waals surface area contributed by atoms with E-state index in [0.29, 0.717) is 10.5 Å². The third-order valence-corrected chi connectivity index (χ3v) is 5.76. The number of aromatic amines is 1. The molecule has 6 nitrogen and oxygen atoms in total. The van der Waals surface area contributed by atoms with E-state index in [1.807, 2.05) is 6.92 Å². The van der Waals surface area contributed by atoms with Crippen LogP contribution in [0.25, 0.3) is 10.9 Å². The molecule has 0 aliphatic carbocycles. The van der Waals surface area contributed by atoms with Gasteiger partial charge in [-0.15, -0.1) is 3.97 Å². The molecule has 0 saturated heterocycles. The van der Waals surface area contributed by atoms with Crippen molar-refractivity contribution in [2.75, 3.05) is 0 Å². The van der Waals surface area contributed by atoms with Crippen LogP contribution in [0.2, 0.25) is 5.02 Å². The van der Waals surface area contributed by atoms with Crippen molar-refractivity contribution in [3.05, 3.63) is 73.4 Å². The van der Waals surface area contributed by atoms with Gasteiger partial charge in [0.2, 0.25) is 0 Å². The van der Waals surface area contributed by atoms with E-state index in [0.717, 1.165) is 11.1 Å². The van der Waals surface area contributed by atoms with E-state index in [2.05, 4.69) is 4.98 Å². The van der Waals surface area contributed by atoms with Gasteiger partial charge in [0.05, 0.1) is 15.8 Å². The fourth-order valence-corrected chi connectivity index (χ4v) is 3.79. The molecule has 3 aromatic rings. The minimum absolute atomic E-state index is 0.134. The lowest BCUT2D eigenvalue weighted by Crippen LogP contribution is -2.40. The zero-order chi connectivity index (χ0) is 17.6. The lowest BCUT2D eigenvalue weighted by Gasteiger charge is -2.09. The highest BCUT2D eigenvalue weighted by Crippen LogP contribution is 2.17. The molecule has 0 aliphatic rings. The lowest BCUT2D eigenvalue weighted by atomic mass is 10.1. The number of hydrogen-bond donors (Lipinski definition) is 1. The van der Waals surface area contributed by atoms with Gasteiger partial charge in [0.25, 0.3) is 15.6 Å². The van der Waals surface area contributed by atoms with E-state index < -0.39 is 21.3 Å². The first kappa shape index (κ1) is 16.5. The minimum Gasteiger partial charge on any atom is -0.306 e. The number of fused-ring (bicyclic) bond motifs is 1. The summed E-state index contributed by atoms with van der Waals surface area (Å²) in [7, 11) is -4.33. The molecule has 24 heavy (non-hydrogen) atoms. The van der Waals surface area contributed by atoms with Crippen molar-refractivity contribution in [2.24, 2.45) is 0 Å². The highest BCUT2D eigenvalue weighted by Gasteiger charge is 2.23. The fourth-order valence-electron chi connectivity index (χ4n) is 2.39. The SMILES string of the molecule is Cc1cc2[nH]c(=O)n(S(=O)(=O)c3ccc(Cl)cc3)c(=O)c2cc1C. The second-order valence-electron chi connectivity index (χ2n) is 5.44. The van der Waals surface area contributed by atoms with Crippen LogP contribution in [0.3, 0.4) is 0 Å². The van der Waals surface area contributed by atoms with Gasteiger partial charge >= 0.3 is 5.69 Å². The van der Waals surface area contributed by atoms with Crippen molar-refractivity contribution in [1.82, 2.24) is 8.96 Å². The number of aromatic nitrogens is 2. The quantitative estimate of drug-likeness (QED) is 0.754. The molecule has 1 N–H and O–H groups in total. The van der Waals surface area contributed by atoms with Crippen molar-refractivity contribution in [3.8, 4) is 0 Å². The van der Waals surface area contributed by atoms with Crippen LogP contribution in [0.5, 0.6) is 0 Å². The molecule has 0 atom stereocenters. The predicted octanol–water partition coefficient (Wildman–Crippen LogP) is 2.20. The monoisotopic (exact) mass is 364 g/mol. The number of nitrogens with zero attached hydrogens (tertiary/aromatic N) is 1. The zero-order valence-electron chi connectivity index (χ0n) is 12.8. The Morgan fingerprint density at radius 1 is 1.00 bits per heavy atom. The normalized spacial score (nSPS) is 11.8. The summed E-state index contributed by atoms with van der Waals surface area (Å²) in [6.07, 6.45) is 0. The number of nitrogens with one attached hydrogen (secondary N) is 1. The van der Waals surface area contributed by atoms with E-state index >= 15 is 0 Å². The number of halogens is 1. The van der Waals surface area contributed by atoms with Crippen LogP contribution in [0.1, 0.15) is 11.1 Å². The molecule has 1 aromatic heterocycles. The standard InChI is InChI=1S/C16H13ClN2O4S/c1-9-7-13-14(8-10(9)2)18-16(21)19(15(13)20)24(22,23)12-5-3-11(17)4-6-12/h3-8H,1-2H3,(H,18,21). The maximum atomic E-state index is 12.7. The van der Waals surface area contributed by atoms with Gasteiger partial charge < -0.3 is 4.98 Å². The number of aryl methyl sites for hydroxylation is 2. The first-order valence-corrected chi connectivity index (χ1v) is 8.81. The van der Waals surface area contributed by atoms with E-state index in [9.17, 15) is 18.0 Å². The van der Waals surface area contributed by atoms with Crippen molar-refractivity contribution in [1.29, 1.82) is 0 Å². The summed E-state index contributed by atoms with van der Waals surface area (Å²) in [5.41, 5.74) is 0.117. The number of H-pyrrole nitrogens is 1. The average Bonchev–Trinajstić information content (AvgIpc) is 2.50. The first-order chi connectivity index (χ1) is 11.2. The number of benzene rings is 2. The molecular formula is C16H13ClN2O4S. The number of rotatable bonds is 2. The van der Waals surface area contributed by atoms with Gasteiger partial charge in [0.15, 0.2) is 0 Å². The third-order valence-electron chi connectivity index (χ3n) is 3.83. The summed E-state index contributed by atoms with van der Waals surface area (Å²) in [6.45, 7) is 3.64. The van der Waals surface area contributed by atoms with Crippen LogP contribution < -0.4 is 11.2 Å². The minimum atomic E-state index is -4.33. The van der Waals surface area contributed by atoms with Crippen molar-refractivity contribution in [2.45, 2.75) is 18.7 Å². The second kappa shape index (κ2) is 5.61. The Morgan fingerprint density at radius 2 is 1.58 bits per heavy atom. The lowest BCUT2D eigenvalue weighted by molar-refractivity contribution is 0.582. The topological polar surface area (TPSA) is 89.0 Å². The highest BCUT2D eigenvalue weighted by atomic mass is 35.5. The molecular weight excluding hydrogens is 352 g/mol. The summed E-state index contributed by atoms with van der Waals surface area (Å²) in [6, 6.07) is 8.45. The van der Waals surface area contributed by atoms with E-state index in [1.165, 1.54) is 24.3 Å². The molecule has 124 valence electrons. The van der Waals surface area contributed by atoms with E-state index in [-0.39, 0.29) is 14.3 Å². The molecule has 3 rings (SSSR count). The largest absolute Gasteiger partial charge is 0.343 e. The van der Waals surface area contributed by atoms with Crippen LogP contribution in [0, 0.1) is 13.8 Å². The Kier molecular flexibility index (Phi) is 3.85. The summed E-state index contributed by atoms with van der Waals surface area (Å²) < 4.78 is 25.6.